The Hall–Kier alpha value is -0.850. The van der Waals surface area contributed by atoms with Gasteiger partial charge >= 0.3 is 0 Å². The number of likely N-dealkylation sites (N-methyl/N-ethyl adjacent to an activating group) is 2. The highest BCUT2D eigenvalue weighted by molar-refractivity contribution is 5.79. The van der Waals surface area contributed by atoms with Crippen molar-refractivity contribution in [1.29, 1.82) is 0 Å². The summed E-state index contributed by atoms with van der Waals surface area (Å²) in [5, 5.41) is 0. The van der Waals surface area contributed by atoms with Crippen LogP contribution < -0.4 is 11.3 Å². The largest absolute Gasteiger partial charge is 0.382 e. The molecule has 1 atom stereocenters. The fourth-order valence-corrected chi connectivity index (χ4v) is 2.69. The van der Waals surface area contributed by atoms with E-state index in [1.54, 1.807) is 0 Å². The maximum atomic E-state index is 5.59. The molecule has 0 saturated carbocycles. The van der Waals surface area contributed by atoms with Gasteiger partial charge in [0.05, 0.1) is 0 Å². The fourth-order valence-electron chi connectivity index (χ4n) is 2.69. The average molecular weight is 285 g/mol. The van der Waals surface area contributed by atoms with Crippen LogP contribution in [0.4, 0.5) is 0 Å². The van der Waals surface area contributed by atoms with Crippen molar-refractivity contribution in [2.45, 2.75) is 39.2 Å². The van der Waals surface area contributed by atoms with E-state index in [9.17, 15) is 0 Å². The van der Waals surface area contributed by atoms with Gasteiger partial charge in [0.15, 0.2) is 0 Å². The van der Waals surface area contributed by atoms with Crippen LogP contribution in [0.2, 0.25) is 0 Å². The first-order valence-electron chi connectivity index (χ1n) is 7.76. The first-order chi connectivity index (χ1) is 9.72. The molecule has 1 aliphatic heterocycles. The van der Waals surface area contributed by atoms with E-state index in [2.05, 4.69) is 27.1 Å². The second kappa shape index (κ2) is 9.96. The topological polar surface area (TPSA) is 66.1 Å². The lowest BCUT2D eigenvalue weighted by Crippen LogP contribution is -2.48. The van der Waals surface area contributed by atoms with E-state index in [0.29, 0.717) is 6.04 Å². The zero-order valence-electron chi connectivity index (χ0n) is 13.3. The molecule has 118 valence electrons. The van der Waals surface area contributed by atoms with Gasteiger partial charge in [-0.05, 0) is 39.3 Å². The predicted molar refractivity (Wildman–Crippen MR) is 83.6 cm³/mol. The third-order valence-electron chi connectivity index (χ3n) is 3.79. The molecule has 1 unspecified atom stereocenters. The molecule has 20 heavy (non-hydrogen) atoms. The number of hydrazine groups is 1. The Labute approximate surface area is 123 Å². The molecular weight excluding hydrogens is 254 g/mol. The summed E-state index contributed by atoms with van der Waals surface area (Å²) in [7, 11) is 2.05. The van der Waals surface area contributed by atoms with Crippen molar-refractivity contribution in [3.63, 3.8) is 0 Å². The molecule has 1 fully saturated rings. The lowest BCUT2D eigenvalue weighted by atomic mass is 10.2. The predicted octanol–water partition coefficient (Wildman–Crippen LogP) is 0.648. The molecule has 1 rings (SSSR count). The number of likely N-dealkylation sites (tertiary alicyclic amines) is 1. The molecule has 0 aromatic carbocycles. The lowest BCUT2D eigenvalue weighted by Gasteiger charge is -2.29. The molecule has 0 aliphatic carbocycles. The number of guanidine groups is 1. The smallest absolute Gasteiger partial charge is 0.208 e. The van der Waals surface area contributed by atoms with E-state index >= 15 is 0 Å². The quantitative estimate of drug-likeness (QED) is 0.225. The fraction of sp³-hybridized carbons (Fsp3) is 0.929. The Balaban J connectivity index is 2.37. The highest BCUT2D eigenvalue weighted by Gasteiger charge is 2.24. The van der Waals surface area contributed by atoms with E-state index < -0.39 is 0 Å². The second-order valence-corrected chi connectivity index (χ2v) is 5.21. The standard InChI is InChI=1S/C14H31N5O/c1-4-19-10-6-8-13(19)12-18(3)14(17-15)16-9-7-11-20-5-2/h13H,4-12,15H2,1-3H3,(H,16,17). The summed E-state index contributed by atoms with van der Waals surface area (Å²) in [5.74, 6) is 6.36. The van der Waals surface area contributed by atoms with E-state index in [1.807, 2.05) is 14.0 Å². The van der Waals surface area contributed by atoms with Crippen LogP contribution in [-0.2, 0) is 4.74 Å². The van der Waals surface area contributed by atoms with Crippen LogP contribution in [0, 0.1) is 0 Å². The summed E-state index contributed by atoms with van der Waals surface area (Å²) in [6, 6.07) is 0.618. The Morgan fingerprint density at radius 3 is 2.95 bits per heavy atom. The zero-order chi connectivity index (χ0) is 14.8. The highest BCUT2D eigenvalue weighted by Crippen LogP contribution is 2.17. The van der Waals surface area contributed by atoms with E-state index in [4.69, 9.17) is 10.6 Å². The number of hydrogen-bond donors (Lipinski definition) is 2. The number of ether oxygens (including phenoxy) is 1. The third-order valence-corrected chi connectivity index (χ3v) is 3.79. The van der Waals surface area contributed by atoms with Crippen LogP contribution in [0.15, 0.2) is 4.99 Å². The molecule has 0 amide bonds. The van der Waals surface area contributed by atoms with E-state index in [-0.39, 0.29) is 0 Å². The summed E-state index contributed by atoms with van der Waals surface area (Å²) >= 11 is 0. The normalized spacial score (nSPS) is 20.4. The number of hydrogen-bond acceptors (Lipinski definition) is 4. The van der Waals surface area contributed by atoms with Crippen molar-refractivity contribution in [2.24, 2.45) is 10.8 Å². The molecule has 1 heterocycles. The summed E-state index contributed by atoms with van der Waals surface area (Å²) in [5.41, 5.74) is 2.72. The number of aliphatic imine (C=N–C) groups is 1. The number of nitrogens with one attached hydrogen (secondary N) is 1. The van der Waals surface area contributed by atoms with Crippen LogP contribution in [-0.4, -0.2) is 68.2 Å². The maximum absolute atomic E-state index is 5.59. The molecule has 1 aliphatic rings. The van der Waals surface area contributed by atoms with Crippen LogP contribution in [0.1, 0.15) is 33.1 Å². The molecule has 0 aromatic heterocycles. The summed E-state index contributed by atoms with van der Waals surface area (Å²) in [4.78, 5) is 9.17. The van der Waals surface area contributed by atoms with Gasteiger partial charge in [-0.1, -0.05) is 6.92 Å². The zero-order valence-corrected chi connectivity index (χ0v) is 13.3. The average Bonchev–Trinajstić information content (AvgIpc) is 2.90. The van der Waals surface area contributed by atoms with E-state index in [0.717, 1.165) is 45.2 Å². The van der Waals surface area contributed by atoms with Crippen molar-refractivity contribution in [1.82, 2.24) is 15.2 Å². The van der Waals surface area contributed by atoms with Gasteiger partial charge in [0.1, 0.15) is 0 Å². The van der Waals surface area contributed by atoms with Crippen molar-refractivity contribution in [2.75, 3.05) is 46.4 Å². The van der Waals surface area contributed by atoms with Crippen molar-refractivity contribution < 1.29 is 4.74 Å². The third kappa shape index (κ3) is 5.64. The number of rotatable bonds is 8. The Morgan fingerprint density at radius 1 is 1.50 bits per heavy atom. The monoisotopic (exact) mass is 285 g/mol. The van der Waals surface area contributed by atoms with Crippen LogP contribution in [0.25, 0.3) is 0 Å². The van der Waals surface area contributed by atoms with Gasteiger partial charge in [-0.15, -0.1) is 0 Å². The van der Waals surface area contributed by atoms with Crippen LogP contribution in [0.3, 0.4) is 0 Å². The molecule has 0 radical (unpaired) electrons. The molecule has 0 spiro atoms. The minimum Gasteiger partial charge on any atom is -0.382 e. The highest BCUT2D eigenvalue weighted by atomic mass is 16.5. The van der Waals surface area contributed by atoms with Gasteiger partial charge in [0.2, 0.25) is 5.96 Å². The van der Waals surface area contributed by atoms with Crippen LogP contribution >= 0.6 is 0 Å². The van der Waals surface area contributed by atoms with Gasteiger partial charge in [0.25, 0.3) is 0 Å². The Kier molecular flexibility index (Phi) is 8.57. The minimum atomic E-state index is 0.618. The molecule has 3 N–H and O–H groups in total. The minimum absolute atomic E-state index is 0.618. The Morgan fingerprint density at radius 2 is 2.30 bits per heavy atom. The van der Waals surface area contributed by atoms with Crippen molar-refractivity contribution in [3.8, 4) is 0 Å². The second-order valence-electron chi connectivity index (χ2n) is 5.21. The van der Waals surface area contributed by atoms with E-state index in [1.165, 1.54) is 19.4 Å². The molecule has 0 bridgehead atoms. The van der Waals surface area contributed by atoms with Gasteiger partial charge in [-0.2, -0.15) is 0 Å². The van der Waals surface area contributed by atoms with Gasteiger partial charge in [-0.3, -0.25) is 15.3 Å². The Bertz CT molecular complexity index is 285. The first kappa shape index (κ1) is 17.2. The van der Waals surface area contributed by atoms with Gasteiger partial charge < -0.3 is 9.64 Å². The summed E-state index contributed by atoms with van der Waals surface area (Å²) in [6.45, 7) is 9.80. The molecule has 0 aromatic rings. The SMILES string of the molecule is CCOCCCN=C(NN)N(C)CC1CCCN1CC. The molecule has 6 heteroatoms. The number of nitrogens with zero attached hydrogens (tertiary/aromatic N) is 3. The van der Waals surface area contributed by atoms with Crippen molar-refractivity contribution >= 4 is 5.96 Å². The summed E-state index contributed by atoms with van der Waals surface area (Å²) in [6.07, 6.45) is 3.49. The van der Waals surface area contributed by atoms with Gasteiger partial charge in [-0.25, -0.2) is 5.84 Å². The molecular formula is C14H31N5O. The number of nitrogens with two attached hydrogens (primary N) is 1. The molecule has 1 saturated heterocycles. The molecule has 6 nitrogen and oxygen atoms in total. The van der Waals surface area contributed by atoms with Gasteiger partial charge in [0, 0.05) is 39.4 Å². The maximum Gasteiger partial charge on any atom is 0.208 e. The van der Waals surface area contributed by atoms with Crippen molar-refractivity contribution in [3.05, 3.63) is 0 Å². The summed E-state index contributed by atoms with van der Waals surface area (Å²) < 4.78 is 5.30. The first-order valence-corrected chi connectivity index (χ1v) is 7.76. The lowest BCUT2D eigenvalue weighted by molar-refractivity contribution is 0.146. The van der Waals surface area contributed by atoms with Crippen LogP contribution in [0.5, 0.6) is 0 Å².